The molecule has 0 bridgehead atoms. The predicted octanol–water partition coefficient (Wildman–Crippen LogP) is 5.56. The highest BCUT2D eigenvalue weighted by Crippen LogP contribution is 2.67. The van der Waals surface area contributed by atoms with Gasteiger partial charge in [0.2, 0.25) is 0 Å². The molecule has 4 aliphatic carbocycles. The van der Waals surface area contributed by atoms with Gasteiger partial charge in [0.25, 0.3) is 0 Å². The van der Waals surface area contributed by atoms with E-state index in [1.165, 1.54) is 57.8 Å². The number of aliphatic hydroxyl groups excluding tert-OH is 2. The average Bonchev–Trinajstić information content (AvgIpc) is 2.92. The molecule has 2 heteroatoms. The van der Waals surface area contributed by atoms with Crippen LogP contribution in [0.5, 0.6) is 0 Å². The van der Waals surface area contributed by atoms with Gasteiger partial charge in [-0.15, -0.1) is 0 Å². The Balaban J connectivity index is 1.47. The van der Waals surface area contributed by atoms with Crippen molar-refractivity contribution in [2.24, 2.45) is 40.4 Å². The third-order valence-electron chi connectivity index (χ3n) is 10.0. The minimum atomic E-state index is -0.132. The first kappa shape index (κ1) is 19.2. The van der Waals surface area contributed by atoms with Crippen LogP contribution in [0, 0.1) is 40.4 Å². The van der Waals surface area contributed by atoms with Gasteiger partial charge < -0.3 is 10.2 Å². The Morgan fingerprint density at radius 1 is 0.923 bits per heavy atom. The topological polar surface area (TPSA) is 40.5 Å². The molecule has 2 N–H and O–H groups in total. The molecule has 0 spiro atoms. The molecule has 0 amide bonds. The maximum absolute atomic E-state index is 10.2. The summed E-state index contributed by atoms with van der Waals surface area (Å²) >= 11 is 0. The largest absolute Gasteiger partial charge is 0.393 e. The average molecular weight is 363 g/mol. The molecule has 0 radical (unpaired) electrons. The first-order valence-corrected chi connectivity index (χ1v) is 11.7. The molecule has 26 heavy (non-hydrogen) atoms. The first-order chi connectivity index (χ1) is 12.3. The Bertz CT molecular complexity index is 502. The Morgan fingerprint density at radius 2 is 1.65 bits per heavy atom. The van der Waals surface area contributed by atoms with Crippen LogP contribution in [0.4, 0.5) is 0 Å². The lowest BCUT2D eigenvalue weighted by Gasteiger charge is -2.61. The van der Waals surface area contributed by atoms with E-state index in [0.29, 0.717) is 10.8 Å². The third-order valence-corrected chi connectivity index (χ3v) is 10.0. The standard InChI is InChI=1S/C24H42O2/c1-16(25)5-4-6-17-8-10-21-20-9-7-18-15-19(26)11-13-24(18,3)22(20)12-14-23(17,21)2/h16-22,25-26H,4-15H2,1-3H3/t16?,17-,18?,19-,20?,21?,22?,23+,24-/m0/s1. The third kappa shape index (κ3) is 3.08. The number of rotatable bonds is 4. The SMILES string of the molecule is CC(O)CCC[C@H]1CCC2C3CCC4C[C@@H](O)CC[C@]4(C)C3CC[C@@]21C. The van der Waals surface area contributed by atoms with Gasteiger partial charge in [0.15, 0.2) is 0 Å². The maximum Gasteiger partial charge on any atom is 0.0543 e. The number of fused-ring (bicyclic) bond motifs is 5. The van der Waals surface area contributed by atoms with E-state index in [4.69, 9.17) is 0 Å². The quantitative estimate of drug-likeness (QED) is 0.687. The normalized spacial score (nSPS) is 52.0. The van der Waals surface area contributed by atoms with Crippen LogP contribution in [0.1, 0.15) is 97.8 Å². The second kappa shape index (κ2) is 7.07. The van der Waals surface area contributed by atoms with Crippen molar-refractivity contribution in [1.82, 2.24) is 0 Å². The van der Waals surface area contributed by atoms with Gasteiger partial charge in [0.1, 0.15) is 0 Å². The van der Waals surface area contributed by atoms with Gasteiger partial charge in [-0.2, -0.15) is 0 Å². The van der Waals surface area contributed by atoms with Gasteiger partial charge in [-0.3, -0.25) is 0 Å². The minimum absolute atomic E-state index is 0.0248. The summed E-state index contributed by atoms with van der Waals surface area (Å²) in [5.74, 6) is 4.49. The molecule has 0 aromatic heterocycles. The summed E-state index contributed by atoms with van der Waals surface area (Å²) in [6.45, 7) is 7.16. The van der Waals surface area contributed by atoms with Gasteiger partial charge in [-0.1, -0.05) is 20.3 Å². The van der Waals surface area contributed by atoms with Crippen LogP contribution in [0.15, 0.2) is 0 Å². The molecule has 4 aliphatic rings. The van der Waals surface area contributed by atoms with E-state index in [-0.39, 0.29) is 12.2 Å². The van der Waals surface area contributed by atoms with Crippen molar-refractivity contribution in [3.63, 3.8) is 0 Å². The second-order valence-corrected chi connectivity index (χ2v) is 11.2. The van der Waals surface area contributed by atoms with Gasteiger partial charge in [-0.25, -0.2) is 0 Å². The van der Waals surface area contributed by atoms with E-state index in [1.807, 2.05) is 6.92 Å². The number of aliphatic hydroxyl groups is 2. The summed E-state index contributed by atoms with van der Waals surface area (Å²) in [7, 11) is 0. The van der Waals surface area contributed by atoms with Crippen molar-refractivity contribution in [3.8, 4) is 0 Å². The highest BCUT2D eigenvalue weighted by atomic mass is 16.3. The molecule has 0 aliphatic heterocycles. The molecule has 4 saturated carbocycles. The molecule has 150 valence electrons. The summed E-state index contributed by atoms with van der Waals surface area (Å²) < 4.78 is 0. The number of hydrogen-bond acceptors (Lipinski definition) is 2. The van der Waals surface area contributed by atoms with E-state index >= 15 is 0 Å². The van der Waals surface area contributed by atoms with Crippen LogP contribution in [-0.4, -0.2) is 22.4 Å². The molecule has 0 saturated heterocycles. The van der Waals surface area contributed by atoms with Crippen molar-refractivity contribution in [2.45, 2.75) is 110 Å². The summed E-state index contributed by atoms with van der Waals surface area (Å²) in [5, 5.41) is 19.8. The molecule has 2 nitrogen and oxygen atoms in total. The minimum Gasteiger partial charge on any atom is -0.393 e. The van der Waals surface area contributed by atoms with Crippen molar-refractivity contribution < 1.29 is 10.2 Å². The molecule has 4 fully saturated rings. The lowest BCUT2D eigenvalue weighted by molar-refractivity contribution is -0.127. The second-order valence-electron chi connectivity index (χ2n) is 11.2. The summed E-state index contributed by atoms with van der Waals surface area (Å²) in [6, 6.07) is 0. The molecule has 9 atom stereocenters. The van der Waals surface area contributed by atoms with E-state index in [9.17, 15) is 10.2 Å². The Kier molecular flexibility index (Phi) is 5.23. The van der Waals surface area contributed by atoms with E-state index in [0.717, 1.165) is 48.9 Å². The molecule has 0 heterocycles. The van der Waals surface area contributed by atoms with Gasteiger partial charge >= 0.3 is 0 Å². The Hall–Kier alpha value is -0.0800. The van der Waals surface area contributed by atoms with Crippen LogP contribution in [0.25, 0.3) is 0 Å². The van der Waals surface area contributed by atoms with Crippen LogP contribution in [-0.2, 0) is 0 Å². The Morgan fingerprint density at radius 3 is 2.42 bits per heavy atom. The van der Waals surface area contributed by atoms with Crippen LogP contribution in [0.2, 0.25) is 0 Å². The zero-order valence-corrected chi connectivity index (χ0v) is 17.4. The fraction of sp³-hybridized carbons (Fsp3) is 1.00. The van der Waals surface area contributed by atoms with E-state index < -0.39 is 0 Å². The molecule has 0 aromatic rings. The Labute approximate surface area is 161 Å². The summed E-state index contributed by atoms with van der Waals surface area (Å²) in [4.78, 5) is 0. The zero-order valence-electron chi connectivity index (χ0n) is 17.4. The van der Waals surface area contributed by atoms with Crippen molar-refractivity contribution in [1.29, 1.82) is 0 Å². The molecule has 0 aromatic carbocycles. The monoisotopic (exact) mass is 362 g/mol. The van der Waals surface area contributed by atoms with E-state index in [2.05, 4.69) is 13.8 Å². The highest BCUT2D eigenvalue weighted by Gasteiger charge is 2.59. The number of hydrogen-bond donors (Lipinski definition) is 2. The lowest BCUT2D eigenvalue weighted by atomic mass is 9.44. The van der Waals surface area contributed by atoms with Gasteiger partial charge in [0.05, 0.1) is 12.2 Å². The summed E-state index contributed by atoms with van der Waals surface area (Å²) in [5.41, 5.74) is 1.07. The van der Waals surface area contributed by atoms with Gasteiger partial charge in [0, 0.05) is 0 Å². The maximum atomic E-state index is 10.2. The lowest BCUT2D eigenvalue weighted by Crippen LogP contribution is -2.53. The smallest absolute Gasteiger partial charge is 0.0543 e. The zero-order chi connectivity index (χ0) is 18.5. The highest BCUT2D eigenvalue weighted by molar-refractivity contribution is 5.09. The van der Waals surface area contributed by atoms with Crippen molar-refractivity contribution in [3.05, 3.63) is 0 Å². The molecule has 5 unspecified atom stereocenters. The van der Waals surface area contributed by atoms with Crippen LogP contribution >= 0.6 is 0 Å². The summed E-state index contributed by atoms with van der Waals surface area (Å²) in [6.07, 6.45) is 15.3. The van der Waals surface area contributed by atoms with Crippen LogP contribution in [0.3, 0.4) is 0 Å². The van der Waals surface area contributed by atoms with Crippen LogP contribution < -0.4 is 0 Å². The van der Waals surface area contributed by atoms with Gasteiger partial charge in [-0.05, 0) is 118 Å². The fourth-order valence-corrected chi connectivity index (χ4v) is 8.48. The first-order valence-electron chi connectivity index (χ1n) is 11.7. The van der Waals surface area contributed by atoms with Crippen molar-refractivity contribution in [2.75, 3.05) is 0 Å². The molecule has 4 rings (SSSR count). The van der Waals surface area contributed by atoms with Crippen molar-refractivity contribution >= 4 is 0 Å². The fourth-order valence-electron chi connectivity index (χ4n) is 8.48. The van der Waals surface area contributed by atoms with E-state index in [1.54, 1.807) is 0 Å². The predicted molar refractivity (Wildman–Crippen MR) is 107 cm³/mol. The molecular weight excluding hydrogens is 320 g/mol. The molecular formula is C24H42O2.